The van der Waals surface area contributed by atoms with E-state index in [0.29, 0.717) is 0 Å². The van der Waals surface area contributed by atoms with Gasteiger partial charge in [0.25, 0.3) is 0 Å². The van der Waals surface area contributed by atoms with E-state index in [9.17, 15) is 10.2 Å². The predicted molar refractivity (Wildman–Crippen MR) is 56.1 cm³/mol. The fraction of sp³-hybridized carbons (Fsp3) is 1.00. The SMILES string of the molecule is OCC1(CO)[C@H]2[C@@H]3[C@H]4[C@H]5C[C@@H]6[C@H]4[C@@H]3[C@H]1[C@H]6[C@@H]52. The summed E-state index contributed by atoms with van der Waals surface area (Å²) in [6.45, 7) is 0.523. The van der Waals surface area contributed by atoms with E-state index >= 15 is 0 Å². The number of aliphatic hydroxyl groups is 2. The van der Waals surface area contributed by atoms with Crippen molar-refractivity contribution in [3.8, 4) is 0 Å². The highest BCUT2D eigenvalue weighted by atomic mass is 16.3. The number of rotatable bonds is 2. The third-order valence-corrected chi connectivity index (χ3v) is 8.32. The first kappa shape index (κ1) is 8.10. The third-order valence-electron chi connectivity index (χ3n) is 8.32. The summed E-state index contributed by atoms with van der Waals surface area (Å²) >= 11 is 0. The van der Waals surface area contributed by atoms with Crippen molar-refractivity contribution in [2.24, 2.45) is 64.6 Å². The Kier molecular flexibility index (Phi) is 0.966. The lowest BCUT2D eigenvalue weighted by Crippen LogP contribution is -2.41. The minimum absolute atomic E-state index is 0.0401. The number of hydrogen-bond acceptors (Lipinski definition) is 2. The van der Waals surface area contributed by atoms with Gasteiger partial charge in [-0.15, -0.1) is 0 Å². The molecule has 0 amide bonds. The van der Waals surface area contributed by atoms with Crippen molar-refractivity contribution >= 4 is 0 Å². The summed E-state index contributed by atoms with van der Waals surface area (Å²) in [5.41, 5.74) is -0.0401. The first-order valence-electron chi connectivity index (χ1n) is 7.07. The molecular weight excluding hydrogens is 200 g/mol. The van der Waals surface area contributed by atoms with Gasteiger partial charge in [0, 0.05) is 5.41 Å². The average molecular weight is 218 g/mol. The fourth-order valence-corrected chi connectivity index (χ4v) is 8.76. The summed E-state index contributed by atoms with van der Waals surface area (Å²) in [6.07, 6.45) is 1.53. The van der Waals surface area contributed by atoms with Crippen LogP contribution < -0.4 is 0 Å². The second-order valence-corrected chi connectivity index (χ2v) is 7.63. The standard InChI is InChI=1S/C14H18O2/c15-2-14(3-16)12-8-4-1-5-7-6(4)10(12)11(7)13(14)9(5)8/h4-13,15-16H,1-3H2/t4-,5-,6-,7+,8-,9-,10+,11-,12-,13-/m1/s1. The van der Waals surface area contributed by atoms with Crippen LogP contribution >= 0.6 is 0 Å². The van der Waals surface area contributed by atoms with Crippen LogP contribution in [0.2, 0.25) is 0 Å². The zero-order chi connectivity index (χ0) is 10.4. The van der Waals surface area contributed by atoms with Gasteiger partial charge in [-0.3, -0.25) is 0 Å². The van der Waals surface area contributed by atoms with Crippen LogP contribution in [-0.2, 0) is 0 Å². The van der Waals surface area contributed by atoms with E-state index in [1.807, 2.05) is 0 Å². The summed E-state index contributed by atoms with van der Waals surface area (Å²) in [5.74, 6) is 9.33. The van der Waals surface area contributed by atoms with Crippen LogP contribution in [0, 0.1) is 64.6 Å². The van der Waals surface area contributed by atoms with E-state index in [1.165, 1.54) is 6.42 Å². The Bertz CT molecular complexity index is 377. The first-order valence-corrected chi connectivity index (χ1v) is 7.07. The Morgan fingerprint density at radius 2 is 1.25 bits per heavy atom. The Hall–Kier alpha value is -0.0800. The highest BCUT2D eigenvalue weighted by Gasteiger charge is 2.91. The molecule has 0 aromatic rings. The highest BCUT2D eigenvalue weighted by molar-refractivity contribution is 5.38. The molecule has 2 heteroatoms. The van der Waals surface area contributed by atoms with Gasteiger partial charge in [0.05, 0.1) is 13.2 Å². The van der Waals surface area contributed by atoms with Gasteiger partial charge in [-0.05, 0) is 65.6 Å². The summed E-state index contributed by atoms with van der Waals surface area (Å²) in [5, 5.41) is 19.7. The molecule has 0 heterocycles. The Morgan fingerprint density at radius 3 is 1.69 bits per heavy atom. The van der Waals surface area contributed by atoms with E-state index in [1.54, 1.807) is 0 Å². The zero-order valence-corrected chi connectivity index (χ0v) is 9.29. The quantitative estimate of drug-likeness (QED) is 0.712. The van der Waals surface area contributed by atoms with E-state index < -0.39 is 0 Å². The lowest BCUT2D eigenvalue weighted by atomic mass is 9.60. The predicted octanol–water partition coefficient (Wildman–Crippen LogP) is 0.591. The molecule has 0 aliphatic heterocycles. The van der Waals surface area contributed by atoms with Crippen molar-refractivity contribution in [1.29, 1.82) is 0 Å². The van der Waals surface area contributed by atoms with Crippen LogP contribution in [0.1, 0.15) is 6.42 Å². The fourth-order valence-electron chi connectivity index (χ4n) is 8.76. The topological polar surface area (TPSA) is 40.5 Å². The zero-order valence-electron chi connectivity index (χ0n) is 9.29. The lowest BCUT2D eigenvalue weighted by molar-refractivity contribution is 0.00446. The van der Waals surface area contributed by atoms with E-state index in [0.717, 1.165) is 59.2 Å². The Labute approximate surface area is 95.0 Å². The molecule has 0 unspecified atom stereocenters. The molecule has 0 spiro atoms. The number of hydrogen-bond donors (Lipinski definition) is 2. The highest BCUT2D eigenvalue weighted by Crippen LogP contribution is 2.94. The Balaban J connectivity index is 1.67. The van der Waals surface area contributed by atoms with Gasteiger partial charge in [-0.2, -0.15) is 0 Å². The van der Waals surface area contributed by atoms with Gasteiger partial charge in [0.1, 0.15) is 0 Å². The summed E-state index contributed by atoms with van der Waals surface area (Å²) in [4.78, 5) is 0. The molecule has 0 saturated heterocycles. The van der Waals surface area contributed by atoms with Gasteiger partial charge in [-0.1, -0.05) is 0 Å². The molecule has 0 radical (unpaired) electrons. The monoisotopic (exact) mass is 218 g/mol. The second-order valence-electron chi connectivity index (χ2n) is 7.63. The normalized spacial score (nSPS) is 76.9. The van der Waals surface area contributed by atoms with Crippen LogP contribution in [0.25, 0.3) is 0 Å². The van der Waals surface area contributed by atoms with E-state index in [4.69, 9.17) is 0 Å². The van der Waals surface area contributed by atoms with Gasteiger partial charge in [0.2, 0.25) is 0 Å². The summed E-state index contributed by atoms with van der Waals surface area (Å²) in [7, 11) is 0. The average Bonchev–Trinajstić information content (AvgIpc) is 2.88. The van der Waals surface area contributed by atoms with Crippen molar-refractivity contribution in [3.05, 3.63) is 0 Å². The van der Waals surface area contributed by atoms with Crippen molar-refractivity contribution in [1.82, 2.24) is 0 Å². The molecule has 7 aliphatic carbocycles. The molecule has 0 aromatic heterocycles. The molecule has 7 aliphatic rings. The lowest BCUT2D eigenvalue weighted by Gasteiger charge is -2.44. The maximum atomic E-state index is 9.87. The van der Waals surface area contributed by atoms with Crippen LogP contribution in [0.4, 0.5) is 0 Å². The maximum Gasteiger partial charge on any atom is 0.0515 e. The Morgan fingerprint density at radius 1 is 0.750 bits per heavy atom. The van der Waals surface area contributed by atoms with Crippen molar-refractivity contribution in [2.75, 3.05) is 13.2 Å². The molecule has 7 rings (SSSR count). The summed E-state index contributed by atoms with van der Waals surface area (Å²) in [6, 6.07) is 0. The second kappa shape index (κ2) is 1.91. The molecule has 2 N–H and O–H groups in total. The molecule has 4 bridgehead atoms. The van der Waals surface area contributed by atoms with Gasteiger partial charge in [-0.25, -0.2) is 0 Å². The molecule has 0 aromatic carbocycles. The van der Waals surface area contributed by atoms with Crippen LogP contribution in [0.15, 0.2) is 0 Å². The molecule has 10 atom stereocenters. The van der Waals surface area contributed by atoms with Crippen molar-refractivity contribution < 1.29 is 10.2 Å². The summed E-state index contributed by atoms with van der Waals surface area (Å²) < 4.78 is 0. The molecule has 7 saturated carbocycles. The molecular formula is C14H18O2. The molecule has 2 nitrogen and oxygen atoms in total. The minimum Gasteiger partial charge on any atom is -0.396 e. The van der Waals surface area contributed by atoms with Crippen LogP contribution in [0.5, 0.6) is 0 Å². The number of aliphatic hydroxyl groups excluding tert-OH is 2. The van der Waals surface area contributed by atoms with Crippen LogP contribution in [-0.4, -0.2) is 23.4 Å². The van der Waals surface area contributed by atoms with Gasteiger partial charge in [0.15, 0.2) is 0 Å². The minimum atomic E-state index is -0.0401. The maximum absolute atomic E-state index is 9.87. The molecule has 16 heavy (non-hydrogen) atoms. The van der Waals surface area contributed by atoms with Gasteiger partial charge >= 0.3 is 0 Å². The molecule has 7 fully saturated rings. The smallest absolute Gasteiger partial charge is 0.0515 e. The molecule has 86 valence electrons. The largest absolute Gasteiger partial charge is 0.396 e. The van der Waals surface area contributed by atoms with E-state index in [-0.39, 0.29) is 18.6 Å². The third kappa shape index (κ3) is 0.425. The van der Waals surface area contributed by atoms with Crippen LogP contribution in [0.3, 0.4) is 0 Å². The van der Waals surface area contributed by atoms with E-state index in [2.05, 4.69) is 0 Å². The van der Waals surface area contributed by atoms with Gasteiger partial charge < -0.3 is 10.2 Å². The first-order chi connectivity index (χ1) is 7.85. The van der Waals surface area contributed by atoms with Crippen molar-refractivity contribution in [3.63, 3.8) is 0 Å². The van der Waals surface area contributed by atoms with Crippen molar-refractivity contribution in [2.45, 2.75) is 6.42 Å².